The molecule has 0 aliphatic heterocycles. The van der Waals surface area contributed by atoms with Gasteiger partial charge in [-0.2, -0.15) is 0 Å². The standard InChI is InChI=1S/C15H22N4O2S/c1-3-18(4-2)11-10-17-22(20,21)15-7-5-14(6-8-15)19-12-9-16-13-19/h5-9,12-13,17H,3-4,10-11H2,1-2H3. The van der Waals surface area contributed by atoms with Crippen LogP contribution in [0.1, 0.15) is 13.8 Å². The van der Waals surface area contributed by atoms with Crippen LogP contribution in [0.25, 0.3) is 5.69 Å². The van der Waals surface area contributed by atoms with Gasteiger partial charge in [-0.25, -0.2) is 18.1 Å². The molecule has 2 rings (SSSR count). The van der Waals surface area contributed by atoms with Gasteiger partial charge in [-0.15, -0.1) is 0 Å². The Bertz CT molecular complexity index is 662. The minimum atomic E-state index is -3.46. The van der Waals surface area contributed by atoms with Crippen LogP contribution in [0, 0.1) is 0 Å². The fourth-order valence-electron chi connectivity index (χ4n) is 2.17. The maximum absolute atomic E-state index is 12.2. The molecule has 1 aromatic carbocycles. The van der Waals surface area contributed by atoms with Gasteiger partial charge in [-0.05, 0) is 37.4 Å². The molecule has 120 valence electrons. The van der Waals surface area contributed by atoms with Crippen LogP contribution < -0.4 is 4.72 Å². The van der Waals surface area contributed by atoms with Gasteiger partial charge >= 0.3 is 0 Å². The first kappa shape index (κ1) is 16.7. The van der Waals surface area contributed by atoms with Gasteiger partial charge in [-0.3, -0.25) is 0 Å². The Hall–Kier alpha value is -1.70. The van der Waals surface area contributed by atoms with Crippen LogP contribution in [0.3, 0.4) is 0 Å². The van der Waals surface area contributed by atoms with Crippen molar-refractivity contribution in [2.24, 2.45) is 0 Å². The molecule has 0 fully saturated rings. The quantitative estimate of drug-likeness (QED) is 0.799. The number of rotatable bonds is 8. The molecule has 0 radical (unpaired) electrons. The predicted molar refractivity (Wildman–Crippen MR) is 86.5 cm³/mol. The summed E-state index contributed by atoms with van der Waals surface area (Å²) in [7, 11) is -3.46. The number of imidazole rings is 1. The molecule has 1 N–H and O–H groups in total. The Kier molecular flexibility index (Phi) is 5.70. The Morgan fingerprint density at radius 2 is 1.86 bits per heavy atom. The van der Waals surface area contributed by atoms with E-state index in [1.54, 1.807) is 36.8 Å². The topological polar surface area (TPSA) is 67.2 Å². The first-order valence-corrected chi connectivity index (χ1v) is 8.85. The summed E-state index contributed by atoms with van der Waals surface area (Å²) < 4.78 is 28.9. The van der Waals surface area contributed by atoms with E-state index in [2.05, 4.69) is 28.5 Å². The van der Waals surface area contributed by atoms with Crippen molar-refractivity contribution in [3.8, 4) is 5.69 Å². The van der Waals surface area contributed by atoms with Crippen molar-refractivity contribution in [3.63, 3.8) is 0 Å². The number of likely N-dealkylation sites (N-methyl/N-ethyl adjacent to an activating group) is 1. The van der Waals surface area contributed by atoms with Crippen molar-refractivity contribution >= 4 is 10.0 Å². The fraction of sp³-hybridized carbons (Fsp3) is 0.400. The normalized spacial score (nSPS) is 12.0. The lowest BCUT2D eigenvalue weighted by atomic mass is 10.3. The lowest BCUT2D eigenvalue weighted by Gasteiger charge is -2.18. The molecular weight excluding hydrogens is 300 g/mol. The Balaban J connectivity index is 2.00. The van der Waals surface area contributed by atoms with E-state index < -0.39 is 10.0 Å². The van der Waals surface area contributed by atoms with Crippen LogP contribution in [0.2, 0.25) is 0 Å². The molecule has 1 heterocycles. The minimum absolute atomic E-state index is 0.274. The summed E-state index contributed by atoms with van der Waals surface area (Å²) in [5.41, 5.74) is 0.875. The molecule has 0 aliphatic rings. The van der Waals surface area contributed by atoms with Gasteiger partial charge in [0.1, 0.15) is 0 Å². The fourth-order valence-corrected chi connectivity index (χ4v) is 3.19. The molecule has 0 atom stereocenters. The molecule has 7 heteroatoms. The molecule has 0 spiro atoms. The molecule has 1 aromatic heterocycles. The maximum Gasteiger partial charge on any atom is 0.240 e. The summed E-state index contributed by atoms with van der Waals surface area (Å²) in [6.07, 6.45) is 5.16. The van der Waals surface area contributed by atoms with Gasteiger partial charge in [0, 0.05) is 31.2 Å². The van der Waals surface area contributed by atoms with E-state index in [-0.39, 0.29) is 4.90 Å². The molecule has 0 aliphatic carbocycles. The van der Waals surface area contributed by atoms with Gasteiger partial charge in [0.2, 0.25) is 10.0 Å². The van der Waals surface area contributed by atoms with E-state index in [1.807, 2.05) is 10.8 Å². The number of nitrogens with one attached hydrogen (secondary N) is 1. The van der Waals surface area contributed by atoms with Crippen LogP contribution in [0.5, 0.6) is 0 Å². The van der Waals surface area contributed by atoms with Gasteiger partial charge in [0.05, 0.1) is 11.2 Å². The molecule has 0 saturated carbocycles. The van der Waals surface area contributed by atoms with Gasteiger partial charge in [0.25, 0.3) is 0 Å². The lowest BCUT2D eigenvalue weighted by Crippen LogP contribution is -2.34. The molecule has 2 aromatic rings. The van der Waals surface area contributed by atoms with E-state index in [9.17, 15) is 8.42 Å². The Morgan fingerprint density at radius 1 is 1.18 bits per heavy atom. The zero-order valence-corrected chi connectivity index (χ0v) is 13.8. The monoisotopic (exact) mass is 322 g/mol. The van der Waals surface area contributed by atoms with Gasteiger partial charge in [-0.1, -0.05) is 13.8 Å². The Labute approximate surface area is 131 Å². The van der Waals surface area contributed by atoms with Crippen LogP contribution in [-0.2, 0) is 10.0 Å². The number of hydrogen-bond acceptors (Lipinski definition) is 4. The average molecular weight is 322 g/mol. The van der Waals surface area contributed by atoms with Crippen LogP contribution in [-0.4, -0.2) is 49.0 Å². The average Bonchev–Trinajstić information content (AvgIpc) is 3.06. The Morgan fingerprint density at radius 3 is 2.41 bits per heavy atom. The van der Waals surface area contributed by atoms with Crippen LogP contribution in [0.4, 0.5) is 0 Å². The number of hydrogen-bond donors (Lipinski definition) is 1. The SMILES string of the molecule is CCN(CC)CCNS(=O)(=O)c1ccc(-n2ccnc2)cc1. The number of nitrogens with zero attached hydrogens (tertiary/aromatic N) is 3. The van der Waals surface area contributed by atoms with Gasteiger partial charge in [0.15, 0.2) is 0 Å². The van der Waals surface area contributed by atoms with Crippen molar-refractivity contribution in [1.29, 1.82) is 0 Å². The molecule has 0 bridgehead atoms. The van der Waals surface area contributed by atoms with Crippen LogP contribution in [0.15, 0.2) is 47.9 Å². The molecule has 22 heavy (non-hydrogen) atoms. The number of sulfonamides is 1. The highest BCUT2D eigenvalue weighted by Gasteiger charge is 2.13. The number of aromatic nitrogens is 2. The second kappa shape index (κ2) is 7.53. The summed E-state index contributed by atoms with van der Waals surface area (Å²) >= 11 is 0. The molecule has 0 amide bonds. The van der Waals surface area contributed by atoms with Crippen molar-refractivity contribution in [2.45, 2.75) is 18.7 Å². The van der Waals surface area contributed by atoms with Crippen molar-refractivity contribution < 1.29 is 8.42 Å². The first-order chi connectivity index (χ1) is 10.6. The van der Waals surface area contributed by atoms with E-state index in [1.165, 1.54) is 0 Å². The third kappa shape index (κ3) is 4.16. The maximum atomic E-state index is 12.2. The highest BCUT2D eigenvalue weighted by molar-refractivity contribution is 7.89. The highest BCUT2D eigenvalue weighted by Crippen LogP contribution is 2.13. The second-order valence-corrected chi connectivity index (χ2v) is 6.66. The lowest BCUT2D eigenvalue weighted by molar-refractivity contribution is 0.309. The first-order valence-electron chi connectivity index (χ1n) is 7.37. The smallest absolute Gasteiger partial charge is 0.240 e. The molecule has 0 unspecified atom stereocenters. The van der Waals surface area contributed by atoms with E-state index in [4.69, 9.17) is 0 Å². The summed E-state index contributed by atoms with van der Waals surface area (Å²) in [5, 5.41) is 0. The van der Waals surface area contributed by atoms with E-state index >= 15 is 0 Å². The van der Waals surface area contributed by atoms with Crippen LogP contribution >= 0.6 is 0 Å². The summed E-state index contributed by atoms with van der Waals surface area (Å²) in [6, 6.07) is 6.74. The zero-order valence-electron chi connectivity index (χ0n) is 12.9. The number of benzene rings is 1. The van der Waals surface area contributed by atoms with Gasteiger partial charge < -0.3 is 9.47 Å². The largest absolute Gasteiger partial charge is 0.306 e. The third-order valence-electron chi connectivity index (χ3n) is 3.56. The predicted octanol–water partition coefficient (Wildman–Crippen LogP) is 1.49. The van der Waals surface area contributed by atoms with Crippen molar-refractivity contribution in [3.05, 3.63) is 43.0 Å². The van der Waals surface area contributed by atoms with E-state index in [0.29, 0.717) is 13.1 Å². The van der Waals surface area contributed by atoms with E-state index in [0.717, 1.165) is 18.8 Å². The zero-order chi connectivity index (χ0) is 16.0. The minimum Gasteiger partial charge on any atom is -0.306 e. The van der Waals surface area contributed by atoms with Crippen molar-refractivity contribution in [1.82, 2.24) is 19.2 Å². The third-order valence-corrected chi connectivity index (χ3v) is 5.04. The summed E-state index contributed by atoms with van der Waals surface area (Å²) in [5.74, 6) is 0. The molecule has 6 nitrogen and oxygen atoms in total. The molecular formula is C15H22N4O2S. The highest BCUT2D eigenvalue weighted by atomic mass is 32.2. The second-order valence-electron chi connectivity index (χ2n) is 4.89. The molecule has 0 saturated heterocycles. The van der Waals surface area contributed by atoms with Crippen molar-refractivity contribution in [2.75, 3.05) is 26.2 Å². The summed E-state index contributed by atoms with van der Waals surface area (Å²) in [6.45, 7) is 7.07. The summed E-state index contributed by atoms with van der Waals surface area (Å²) in [4.78, 5) is 6.42.